The molecular formula is C11H14FNO. The van der Waals surface area contributed by atoms with E-state index in [0.29, 0.717) is 6.61 Å². The maximum Gasteiger partial charge on any atom is 0.123 e. The Kier molecular flexibility index (Phi) is 2.79. The molecule has 1 aromatic carbocycles. The van der Waals surface area contributed by atoms with Crippen LogP contribution < -0.4 is 5.73 Å². The maximum atomic E-state index is 12.7. The van der Waals surface area contributed by atoms with E-state index in [0.717, 1.165) is 18.4 Å². The third-order valence-electron chi connectivity index (χ3n) is 2.57. The number of nitrogens with two attached hydrogens (primary N) is 1. The van der Waals surface area contributed by atoms with Crippen molar-refractivity contribution in [2.75, 3.05) is 6.61 Å². The van der Waals surface area contributed by atoms with Crippen LogP contribution in [0.5, 0.6) is 0 Å². The Balaban J connectivity index is 2.10. The minimum atomic E-state index is -0.214. The van der Waals surface area contributed by atoms with Crippen molar-refractivity contribution >= 4 is 0 Å². The predicted octanol–water partition coefficient (Wildman–Crippen LogP) is 2.00. The molecule has 2 N–H and O–H groups in total. The largest absolute Gasteiger partial charge is 0.373 e. The van der Waals surface area contributed by atoms with Gasteiger partial charge in [0.25, 0.3) is 0 Å². The van der Waals surface area contributed by atoms with Crippen LogP contribution in [-0.4, -0.2) is 12.6 Å². The van der Waals surface area contributed by atoms with Crippen LogP contribution in [0.4, 0.5) is 4.39 Å². The minimum absolute atomic E-state index is 0.0411. The molecule has 1 aromatic rings. The van der Waals surface area contributed by atoms with Gasteiger partial charge in [0.1, 0.15) is 5.82 Å². The number of rotatable bonds is 1. The van der Waals surface area contributed by atoms with Gasteiger partial charge in [-0.25, -0.2) is 4.39 Å². The molecule has 3 heteroatoms. The van der Waals surface area contributed by atoms with E-state index in [-0.39, 0.29) is 18.0 Å². The van der Waals surface area contributed by atoms with Gasteiger partial charge in [-0.3, -0.25) is 0 Å². The Labute approximate surface area is 82.9 Å². The van der Waals surface area contributed by atoms with E-state index >= 15 is 0 Å². The molecule has 0 aromatic heterocycles. The highest BCUT2D eigenvalue weighted by Crippen LogP contribution is 2.27. The van der Waals surface area contributed by atoms with E-state index in [4.69, 9.17) is 10.5 Å². The molecule has 2 rings (SSSR count). The van der Waals surface area contributed by atoms with Crippen LogP contribution in [0.25, 0.3) is 0 Å². The Morgan fingerprint density at radius 2 is 2.00 bits per heavy atom. The van der Waals surface area contributed by atoms with Crippen LogP contribution in [-0.2, 0) is 4.74 Å². The summed E-state index contributed by atoms with van der Waals surface area (Å²) in [5, 5.41) is 0. The lowest BCUT2D eigenvalue weighted by atomic mass is 9.98. The van der Waals surface area contributed by atoms with Gasteiger partial charge in [0.15, 0.2) is 0 Å². The number of benzene rings is 1. The molecule has 1 saturated heterocycles. The molecule has 1 fully saturated rings. The van der Waals surface area contributed by atoms with Crippen molar-refractivity contribution in [1.82, 2.24) is 0 Å². The predicted molar refractivity (Wildman–Crippen MR) is 52.3 cm³/mol. The van der Waals surface area contributed by atoms with Gasteiger partial charge in [-0.05, 0) is 30.5 Å². The topological polar surface area (TPSA) is 35.2 Å². The van der Waals surface area contributed by atoms with E-state index in [9.17, 15) is 4.39 Å². The van der Waals surface area contributed by atoms with Crippen LogP contribution in [0.3, 0.4) is 0 Å². The van der Waals surface area contributed by atoms with Gasteiger partial charge in [-0.2, -0.15) is 0 Å². The summed E-state index contributed by atoms with van der Waals surface area (Å²) >= 11 is 0. The Morgan fingerprint density at radius 1 is 1.29 bits per heavy atom. The fraction of sp³-hybridized carbons (Fsp3) is 0.455. The number of hydrogen-bond donors (Lipinski definition) is 1. The molecule has 0 aliphatic carbocycles. The molecule has 76 valence electrons. The highest BCUT2D eigenvalue weighted by atomic mass is 19.1. The third kappa shape index (κ3) is 2.11. The van der Waals surface area contributed by atoms with Crippen LogP contribution in [0.15, 0.2) is 24.3 Å². The number of hydrogen-bond acceptors (Lipinski definition) is 2. The monoisotopic (exact) mass is 195 g/mol. The molecule has 0 bridgehead atoms. The first-order valence-corrected chi connectivity index (χ1v) is 4.88. The molecule has 1 heterocycles. The molecule has 0 spiro atoms. The van der Waals surface area contributed by atoms with Crippen LogP contribution in [0.2, 0.25) is 0 Å². The fourth-order valence-electron chi connectivity index (χ4n) is 1.73. The Bertz CT molecular complexity index is 299. The summed E-state index contributed by atoms with van der Waals surface area (Å²) in [5.41, 5.74) is 6.85. The number of ether oxygens (including phenoxy) is 1. The minimum Gasteiger partial charge on any atom is -0.373 e. The molecule has 0 radical (unpaired) electrons. The average molecular weight is 195 g/mol. The van der Waals surface area contributed by atoms with E-state index in [1.165, 1.54) is 12.1 Å². The smallest absolute Gasteiger partial charge is 0.123 e. The van der Waals surface area contributed by atoms with Crippen LogP contribution in [0, 0.1) is 5.82 Å². The summed E-state index contributed by atoms with van der Waals surface area (Å²) in [4.78, 5) is 0. The second-order valence-electron chi connectivity index (χ2n) is 3.70. The molecule has 0 unspecified atom stereocenters. The van der Waals surface area contributed by atoms with Gasteiger partial charge in [-0.15, -0.1) is 0 Å². The van der Waals surface area contributed by atoms with Crippen molar-refractivity contribution in [2.45, 2.75) is 25.0 Å². The fourth-order valence-corrected chi connectivity index (χ4v) is 1.73. The summed E-state index contributed by atoms with van der Waals surface area (Å²) in [6.07, 6.45) is 1.78. The van der Waals surface area contributed by atoms with Crippen LogP contribution >= 0.6 is 0 Å². The summed E-state index contributed by atoms with van der Waals surface area (Å²) in [6.45, 7) is 0.698. The zero-order valence-corrected chi connectivity index (χ0v) is 7.95. The lowest BCUT2D eigenvalue weighted by Crippen LogP contribution is -2.30. The molecule has 14 heavy (non-hydrogen) atoms. The zero-order chi connectivity index (χ0) is 9.97. The quantitative estimate of drug-likeness (QED) is 0.744. The highest BCUT2D eigenvalue weighted by Gasteiger charge is 2.20. The van der Waals surface area contributed by atoms with E-state index in [1.54, 1.807) is 12.1 Å². The van der Waals surface area contributed by atoms with Gasteiger partial charge < -0.3 is 10.5 Å². The van der Waals surface area contributed by atoms with Crippen molar-refractivity contribution < 1.29 is 9.13 Å². The number of halogens is 1. The summed E-state index contributed by atoms with van der Waals surface area (Å²) in [5.74, 6) is -0.214. The first-order valence-electron chi connectivity index (χ1n) is 4.88. The molecule has 2 atom stereocenters. The summed E-state index contributed by atoms with van der Waals surface area (Å²) < 4.78 is 18.2. The average Bonchev–Trinajstić information content (AvgIpc) is 2.19. The van der Waals surface area contributed by atoms with E-state index < -0.39 is 0 Å². The van der Waals surface area contributed by atoms with Gasteiger partial charge in [-0.1, -0.05) is 12.1 Å². The Hall–Kier alpha value is -0.930. The van der Waals surface area contributed by atoms with E-state index in [1.807, 2.05) is 0 Å². The Morgan fingerprint density at radius 3 is 2.64 bits per heavy atom. The van der Waals surface area contributed by atoms with E-state index in [2.05, 4.69) is 0 Å². The van der Waals surface area contributed by atoms with Gasteiger partial charge in [0.05, 0.1) is 6.10 Å². The first kappa shape index (κ1) is 9.62. The second kappa shape index (κ2) is 4.07. The lowest BCUT2D eigenvalue weighted by Gasteiger charge is -2.27. The van der Waals surface area contributed by atoms with Crippen LogP contribution in [0.1, 0.15) is 24.5 Å². The third-order valence-corrected chi connectivity index (χ3v) is 2.57. The van der Waals surface area contributed by atoms with Crippen molar-refractivity contribution in [2.24, 2.45) is 5.73 Å². The van der Waals surface area contributed by atoms with Gasteiger partial charge in [0.2, 0.25) is 0 Å². The van der Waals surface area contributed by atoms with Gasteiger partial charge in [0, 0.05) is 12.6 Å². The molecule has 1 aliphatic heterocycles. The normalized spacial score (nSPS) is 27.6. The van der Waals surface area contributed by atoms with Crippen molar-refractivity contribution in [3.63, 3.8) is 0 Å². The molecule has 0 saturated carbocycles. The lowest BCUT2D eigenvalue weighted by molar-refractivity contribution is 0.00664. The summed E-state index contributed by atoms with van der Waals surface area (Å²) in [6, 6.07) is 6.65. The molecule has 2 nitrogen and oxygen atoms in total. The highest BCUT2D eigenvalue weighted by molar-refractivity contribution is 5.19. The van der Waals surface area contributed by atoms with Crippen molar-refractivity contribution in [1.29, 1.82) is 0 Å². The first-order chi connectivity index (χ1) is 6.75. The summed E-state index contributed by atoms with van der Waals surface area (Å²) in [7, 11) is 0. The maximum absolute atomic E-state index is 12.7. The van der Waals surface area contributed by atoms with Crippen molar-refractivity contribution in [3.05, 3.63) is 35.6 Å². The standard InChI is InChI=1S/C11H14FNO/c12-9-3-1-8(2-4-9)11-7-10(13)5-6-14-11/h1-4,10-11H,5-7,13H2/t10-,11+/m0/s1. The van der Waals surface area contributed by atoms with Crippen molar-refractivity contribution in [3.8, 4) is 0 Å². The molecule has 0 amide bonds. The second-order valence-corrected chi connectivity index (χ2v) is 3.70. The molecular weight excluding hydrogens is 181 g/mol. The zero-order valence-electron chi connectivity index (χ0n) is 7.95. The molecule has 1 aliphatic rings. The van der Waals surface area contributed by atoms with Gasteiger partial charge >= 0.3 is 0 Å². The SMILES string of the molecule is N[C@H]1CCO[C@@H](c2ccc(F)cc2)C1.